The molecule has 0 aliphatic rings. The molecule has 1 atom stereocenters. The number of nitriles is 1. The topological polar surface area (TPSA) is 40.9 Å². The summed E-state index contributed by atoms with van der Waals surface area (Å²) in [7, 11) is 0. The predicted octanol–water partition coefficient (Wildman–Crippen LogP) is 4.20. The van der Waals surface area contributed by atoms with Crippen molar-refractivity contribution in [2.45, 2.75) is 12.8 Å². The van der Waals surface area contributed by atoms with Crippen LogP contribution in [0.2, 0.25) is 5.02 Å². The number of hydrogen-bond acceptors (Lipinski definition) is 2. The van der Waals surface area contributed by atoms with E-state index in [0.29, 0.717) is 16.1 Å². The van der Waals surface area contributed by atoms with E-state index in [1.54, 1.807) is 36.4 Å². The smallest absolute Gasteiger partial charge is 0.170 e. The Morgan fingerprint density at radius 2 is 1.68 bits per heavy atom. The second-order valence-corrected chi connectivity index (χ2v) is 4.76. The molecule has 0 aliphatic carbocycles. The average molecular weight is 270 g/mol. The number of benzene rings is 2. The van der Waals surface area contributed by atoms with E-state index in [9.17, 15) is 4.79 Å². The van der Waals surface area contributed by atoms with Gasteiger partial charge in [-0.15, -0.1) is 0 Å². The minimum atomic E-state index is -0.242. The summed E-state index contributed by atoms with van der Waals surface area (Å²) in [6.45, 7) is 1.86. The van der Waals surface area contributed by atoms with E-state index >= 15 is 0 Å². The number of carbonyl (C=O) groups is 1. The van der Waals surface area contributed by atoms with Crippen molar-refractivity contribution in [3.05, 3.63) is 70.2 Å². The zero-order valence-electron chi connectivity index (χ0n) is 10.4. The molecule has 0 heterocycles. The molecule has 3 heteroatoms. The van der Waals surface area contributed by atoms with Crippen molar-refractivity contribution in [1.82, 2.24) is 0 Å². The molecule has 94 valence electrons. The molecular weight excluding hydrogens is 258 g/mol. The van der Waals surface area contributed by atoms with Crippen LogP contribution in [0.25, 0.3) is 0 Å². The molecule has 0 saturated heterocycles. The molecule has 2 nitrogen and oxygen atoms in total. The summed E-state index contributed by atoms with van der Waals surface area (Å²) in [5.74, 6) is -0.199. The molecular formula is C16H12ClNO. The standard InChI is InChI=1S/C16H12ClNO/c1-11(13-4-2-12(10-18)3-5-13)16(19)14-6-8-15(17)9-7-14/h2-9,11H,1H3. The van der Waals surface area contributed by atoms with Gasteiger partial charge in [0.1, 0.15) is 0 Å². The molecule has 2 aromatic carbocycles. The summed E-state index contributed by atoms with van der Waals surface area (Å²) < 4.78 is 0. The Bertz CT molecular complexity index is 623. The zero-order valence-corrected chi connectivity index (χ0v) is 11.2. The zero-order chi connectivity index (χ0) is 13.8. The highest BCUT2D eigenvalue weighted by atomic mass is 35.5. The van der Waals surface area contributed by atoms with Gasteiger partial charge in [-0.3, -0.25) is 4.79 Å². The maximum absolute atomic E-state index is 12.3. The third-order valence-electron chi connectivity index (χ3n) is 3.06. The lowest BCUT2D eigenvalue weighted by Gasteiger charge is -2.11. The van der Waals surface area contributed by atoms with Gasteiger partial charge in [-0.2, -0.15) is 5.26 Å². The average Bonchev–Trinajstić information content (AvgIpc) is 2.46. The second kappa shape index (κ2) is 5.69. The lowest BCUT2D eigenvalue weighted by Crippen LogP contribution is -2.09. The molecule has 0 radical (unpaired) electrons. The predicted molar refractivity (Wildman–Crippen MR) is 75.4 cm³/mol. The number of Topliss-reactive ketones (excluding diaryl/α,β-unsaturated/α-hetero) is 1. The van der Waals surface area contributed by atoms with Gasteiger partial charge in [0.15, 0.2) is 5.78 Å². The minimum Gasteiger partial charge on any atom is -0.294 e. The van der Waals surface area contributed by atoms with Crippen LogP contribution in [0.15, 0.2) is 48.5 Å². The molecule has 0 N–H and O–H groups in total. The van der Waals surface area contributed by atoms with Crippen LogP contribution in [-0.4, -0.2) is 5.78 Å². The van der Waals surface area contributed by atoms with Gasteiger partial charge >= 0.3 is 0 Å². The van der Waals surface area contributed by atoms with E-state index in [-0.39, 0.29) is 11.7 Å². The van der Waals surface area contributed by atoms with Gasteiger partial charge in [-0.05, 0) is 42.0 Å². The third-order valence-corrected chi connectivity index (χ3v) is 3.31. The fourth-order valence-corrected chi connectivity index (χ4v) is 1.99. The van der Waals surface area contributed by atoms with Crippen LogP contribution < -0.4 is 0 Å². The SMILES string of the molecule is CC(C(=O)c1ccc(Cl)cc1)c1ccc(C#N)cc1. The van der Waals surface area contributed by atoms with Crippen LogP contribution in [0.5, 0.6) is 0 Å². The largest absolute Gasteiger partial charge is 0.294 e. The highest BCUT2D eigenvalue weighted by Gasteiger charge is 2.16. The summed E-state index contributed by atoms with van der Waals surface area (Å²) in [4.78, 5) is 12.3. The maximum atomic E-state index is 12.3. The molecule has 0 amide bonds. The number of nitrogens with zero attached hydrogens (tertiary/aromatic N) is 1. The Morgan fingerprint density at radius 3 is 2.21 bits per heavy atom. The number of hydrogen-bond donors (Lipinski definition) is 0. The second-order valence-electron chi connectivity index (χ2n) is 4.33. The molecule has 0 aromatic heterocycles. The van der Waals surface area contributed by atoms with Gasteiger partial charge in [-0.1, -0.05) is 30.7 Å². The molecule has 0 spiro atoms. The molecule has 0 bridgehead atoms. The van der Waals surface area contributed by atoms with Crippen LogP contribution in [0.4, 0.5) is 0 Å². The van der Waals surface area contributed by atoms with Gasteiger partial charge in [0.05, 0.1) is 11.6 Å². The monoisotopic (exact) mass is 269 g/mol. The van der Waals surface area contributed by atoms with Crippen LogP contribution in [-0.2, 0) is 0 Å². The van der Waals surface area contributed by atoms with E-state index in [4.69, 9.17) is 16.9 Å². The minimum absolute atomic E-state index is 0.0429. The van der Waals surface area contributed by atoms with E-state index in [1.165, 1.54) is 0 Å². The quantitative estimate of drug-likeness (QED) is 0.784. The van der Waals surface area contributed by atoms with Crippen molar-refractivity contribution in [2.75, 3.05) is 0 Å². The van der Waals surface area contributed by atoms with Crippen LogP contribution in [0.1, 0.15) is 34.3 Å². The maximum Gasteiger partial charge on any atom is 0.170 e. The Kier molecular flexibility index (Phi) is 3.99. The van der Waals surface area contributed by atoms with Gasteiger partial charge in [0.2, 0.25) is 0 Å². The summed E-state index contributed by atoms with van der Waals surface area (Å²) in [5.41, 5.74) is 2.13. The Hall–Kier alpha value is -2.11. The summed E-state index contributed by atoms with van der Waals surface area (Å²) >= 11 is 5.80. The van der Waals surface area contributed by atoms with Gasteiger partial charge in [-0.25, -0.2) is 0 Å². The molecule has 2 rings (SSSR count). The summed E-state index contributed by atoms with van der Waals surface area (Å²) in [5, 5.41) is 9.36. The molecule has 0 fully saturated rings. The highest BCUT2D eigenvalue weighted by Crippen LogP contribution is 2.22. The number of ketones is 1. The number of carbonyl (C=O) groups excluding carboxylic acids is 1. The van der Waals surface area contributed by atoms with Crippen molar-refractivity contribution < 1.29 is 4.79 Å². The Labute approximate surface area is 117 Å². The van der Waals surface area contributed by atoms with Gasteiger partial charge in [0.25, 0.3) is 0 Å². The van der Waals surface area contributed by atoms with Gasteiger partial charge < -0.3 is 0 Å². The normalized spacial score (nSPS) is 11.6. The van der Waals surface area contributed by atoms with Crippen LogP contribution in [0.3, 0.4) is 0 Å². The third kappa shape index (κ3) is 3.01. The van der Waals surface area contributed by atoms with Gasteiger partial charge in [0, 0.05) is 16.5 Å². The summed E-state index contributed by atoms with van der Waals surface area (Å²) in [6, 6.07) is 16.0. The lowest BCUT2D eigenvalue weighted by molar-refractivity contribution is 0.0966. The van der Waals surface area contributed by atoms with Crippen molar-refractivity contribution >= 4 is 17.4 Å². The van der Waals surface area contributed by atoms with E-state index in [1.807, 2.05) is 19.1 Å². The number of halogens is 1. The first-order chi connectivity index (χ1) is 9.11. The van der Waals surface area contributed by atoms with Crippen LogP contribution in [0, 0.1) is 11.3 Å². The first-order valence-electron chi connectivity index (χ1n) is 5.91. The molecule has 0 saturated carbocycles. The Morgan fingerprint density at radius 1 is 1.11 bits per heavy atom. The number of rotatable bonds is 3. The molecule has 0 aliphatic heterocycles. The highest BCUT2D eigenvalue weighted by molar-refractivity contribution is 6.30. The fraction of sp³-hybridized carbons (Fsp3) is 0.125. The van der Waals surface area contributed by atoms with Crippen molar-refractivity contribution in [3.8, 4) is 6.07 Å². The first-order valence-corrected chi connectivity index (χ1v) is 6.29. The van der Waals surface area contributed by atoms with Crippen LogP contribution >= 0.6 is 11.6 Å². The van der Waals surface area contributed by atoms with E-state index in [2.05, 4.69) is 6.07 Å². The van der Waals surface area contributed by atoms with Crippen molar-refractivity contribution in [3.63, 3.8) is 0 Å². The van der Waals surface area contributed by atoms with E-state index < -0.39 is 0 Å². The Balaban J connectivity index is 2.23. The van der Waals surface area contributed by atoms with Crippen molar-refractivity contribution in [1.29, 1.82) is 5.26 Å². The summed E-state index contributed by atoms with van der Waals surface area (Å²) in [6.07, 6.45) is 0. The molecule has 2 aromatic rings. The lowest BCUT2D eigenvalue weighted by atomic mass is 9.92. The first kappa shape index (κ1) is 13.3. The fourth-order valence-electron chi connectivity index (χ4n) is 1.86. The van der Waals surface area contributed by atoms with Crippen molar-refractivity contribution in [2.24, 2.45) is 0 Å². The van der Waals surface area contributed by atoms with E-state index in [0.717, 1.165) is 5.56 Å². The molecule has 1 unspecified atom stereocenters. The molecule has 19 heavy (non-hydrogen) atoms.